The van der Waals surface area contributed by atoms with E-state index in [2.05, 4.69) is 21.1 Å². The number of amides is 1. The number of likely N-dealkylation sites (tertiary alicyclic amines) is 1. The second-order valence-electron chi connectivity index (χ2n) is 5.84. The van der Waals surface area contributed by atoms with E-state index in [4.69, 9.17) is 9.57 Å². The fraction of sp³-hybridized carbons (Fsp3) is 0.500. The molecule has 22 heavy (non-hydrogen) atoms. The first kappa shape index (κ1) is 15.3. The Morgan fingerprint density at radius 2 is 2.05 bits per heavy atom. The number of benzene rings is 1. The summed E-state index contributed by atoms with van der Waals surface area (Å²) in [5.41, 5.74) is 0.765. The van der Waals surface area contributed by atoms with Crippen LogP contribution in [-0.2, 0) is 9.57 Å². The molecular formula is C16H19BrN2O3. The van der Waals surface area contributed by atoms with Crippen LogP contribution < -0.4 is 0 Å². The van der Waals surface area contributed by atoms with Gasteiger partial charge in [-0.05, 0) is 28.4 Å². The van der Waals surface area contributed by atoms with E-state index in [1.54, 1.807) is 4.90 Å². The molecule has 2 aliphatic rings. The molecule has 118 valence electrons. The summed E-state index contributed by atoms with van der Waals surface area (Å²) in [6.45, 7) is 3.16. The predicted molar refractivity (Wildman–Crippen MR) is 86.9 cm³/mol. The second kappa shape index (κ2) is 6.28. The zero-order chi connectivity index (χ0) is 15.6. The minimum absolute atomic E-state index is 0.235. The summed E-state index contributed by atoms with van der Waals surface area (Å²) < 4.78 is 6.40. The lowest BCUT2D eigenvalue weighted by Crippen LogP contribution is -2.47. The molecule has 0 saturated carbocycles. The monoisotopic (exact) mass is 366 g/mol. The zero-order valence-corrected chi connectivity index (χ0v) is 14.1. The summed E-state index contributed by atoms with van der Waals surface area (Å²) in [4.78, 5) is 19.6. The van der Waals surface area contributed by atoms with Gasteiger partial charge in [0.15, 0.2) is 0 Å². The average Bonchev–Trinajstić information content (AvgIpc) is 2.89. The van der Waals surface area contributed by atoms with Crippen molar-refractivity contribution in [2.24, 2.45) is 5.16 Å². The predicted octanol–water partition coefficient (Wildman–Crippen LogP) is 3.85. The van der Waals surface area contributed by atoms with Gasteiger partial charge in [0.1, 0.15) is 16.3 Å². The highest BCUT2D eigenvalue weighted by Gasteiger charge is 2.42. The third-order valence-electron chi connectivity index (χ3n) is 4.29. The molecule has 0 aromatic heterocycles. The first-order valence-corrected chi connectivity index (χ1v) is 8.28. The van der Waals surface area contributed by atoms with Gasteiger partial charge < -0.3 is 14.5 Å². The second-order valence-corrected chi connectivity index (χ2v) is 6.76. The highest BCUT2D eigenvalue weighted by atomic mass is 79.9. The molecule has 0 bridgehead atoms. The minimum atomic E-state index is -0.260. The summed E-state index contributed by atoms with van der Waals surface area (Å²) in [6.07, 6.45) is 1.84. The molecule has 1 spiro atoms. The van der Waals surface area contributed by atoms with E-state index in [1.165, 1.54) is 0 Å². The van der Waals surface area contributed by atoms with Crippen LogP contribution in [0.15, 0.2) is 35.5 Å². The van der Waals surface area contributed by atoms with Crippen LogP contribution in [0, 0.1) is 0 Å². The van der Waals surface area contributed by atoms with E-state index in [0.717, 1.165) is 29.4 Å². The Balaban J connectivity index is 1.52. The van der Waals surface area contributed by atoms with Crippen molar-refractivity contribution in [3.05, 3.63) is 35.9 Å². The number of rotatable bonds is 2. The lowest BCUT2D eigenvalue weighted by Gasteiger charge is -2.36. The van der Waals surface area contributed by atoms with Crippen LogP contribution in [-0.4, -0.2) is 34.3 Å². The van der Waals surface area contributed by atoms with Crippen LogP contribution in [0.1, 0.15) is 37.9 Å². The number of hydrogen-bond acceptors (Lipinski definition) is 4. The van der Waals surface area contributed by atoms with Crippen molar-refractivity contribution in [3.8, 4) is 0 Å². The van der Waals surface area contributed by atoms with Gasteiger partial charge in [0.2, 0.25) is 0 Å². The molecule has 6 heteroatoms. The van der Waals surface area contributed by atoms with Crippen LogP contribution >= 0.6 is 15.9 Å². The van der Waals surface area contributed by atoms with Crippen LogP contribution in [0.3, 0.4) is 0 Å². The normalized spacial score (nSPS) is 21.2. The number of ether oxygens (including phenoxy) is 1. The van der Waals surface area contributed by atoms with Crippen LogP contribution in [0.4, 0.5) is 4.79 Å². The zero-order valence-electron chi connectivity index (χ0n) is 12.5. The van der Waals surface area contributed by atoms with E-state index >= 15 is 0 Å². The lowest BCUT2D eigenvalue weighted by molar-refractivity contribution is -0.0609. The Morgan fingerprint density at radius 3 is 2.64 bits per heavy atom. The number of hydrogen-bond donors (Lipinski definition) is 0. The van der Waals surface area contributed by atoms with Crippen molar-refractivity contribution in [3.63, 3.8) is 0 Å². The van der Waals surface area contributed by atoms with Gasteiger partial charge in [-0.2, -0.15) is 0 Å². The topological polar surface area (TPSA) is 51.1 Å². The number of nitrogens with zero attached hydrogens (tertiary/aromatic N) is 2. The van der Waals surface area contributed by atoms with E-state index in [-0.39, 0.29) is 17.8 Å². The van der Waals surface area contributed by atoms with Gasteiger partial charge in [-0.3, -0.25) is 0 Å². The summed E-state index contributed by atoms with van der Waals surface area (Å²) in [5.74, 6) is 0. The third-order valence-corrected chi connectivity index (χ3v) is 4.71. The van der Waals surface area contributed by atoms with Crippen LogP contribution in [0.2, 0.25) is 0 Å². The molecule has 3 rings (SSSR count). The van der Waals surface area contributed by atoms with Gasteiger partial charge >= 0.3 is 6.09 Å². The SMILES string of the molecule is C[C@H](OC(=O)N1CCC2(CC1)CC(Br)=NO2)c1ccccc1. The summed E-state index contributed by atoms with van der Waals surface area (Å²) in [5, 5.41) is 3.97. The first-order valence-electron chi connectivity index (χ1n) is 7.49. The number of halogens is 1. The number of piperidine rings is 1. The molecule has 0 N–H and O–H groups in total. The summed E-state index contributed by atoms with van der Waals surface area (Å²) in [6, 6.07) is 9.76. The molecule has 0 unspecified atom stereocenters. The van der Waals surface area contributed by atoms with Gasteiger partial charge in [-0.1, -0.05) is 35.5 Å². The maximum atomic E-state index is 12.3. The van der Waals surface area contributed by atoms with E-state index in [0.29, 0.717) is 13.1 Å². The van der Waals surface area contributed by atoms with Crippen molar-refractivity contribution in [1.82, 2.24) is 4.90 Å². The quantitative estimate of drug-likeness (QED) is 0.798. The standard InChI is InChI=1S/C16H19BrN2O3/c1-12(13-5-3-2-4-6-13)21-15(20)19-9-7-16(8-10-19)11-14(17)18-22-16/h2-6,12H,7-11H2,1H3/t12-/m0/s1. The molecule has 1 amide bonds. The summed E-state index contributed by atoms with van der Waals surface area (Å²) in [7, 11) is 0. The Bertz CT molecular complexity index is 568. The van der Waals surface area contributed by atoms with Gasteiger partial charge in [-0.25, -0.2) is 4.79 Å². The van der Waals surface area contributed by atoms with Gasteiger partial charge in [0, 0.05) is 32.4 Å². The molecule has 1 atom stereocenters. The number of carbonyl (C=O) groups excluding carboxylic acids is 1. The molecule has 1 saturated heterocycles. The molecule has 1 aromatic carbocycles. The molecule has 0 aliphatic carbocycles. The molecule has 2 heterocycles. The molecule has 1 aromatic rings. The molecular weight excluding hydrogens is 348 g/mol. The highest BCUT2D eigenvalue weighted by molar-refractivity contribution is 9.18. The number of carbonyl (C=O) groups is 1. The van der Waals surface area contributed by atoms with Gasteiger partial charge in [0.25, 0.3) is 0 Å². The highest BCUT2D eigenvalue weighted by Crippen LogP contribution is 2.36. The van der Waals surface area contributed by atoms with Crippen LogP contribution in [0.5, 0.6) is 0 Å². The fourth-order valence-corrected chi connectivity index (χ4v) is 3.44. The van der Waals surface area contributed by atoms with Crippen molar-refractivity contribution >= 4 is 26.6 Å². The molecule has 1 fully saturated rings. The van der Waals surface area contributed by atoms with Crippen molar-refractivity contribution in [2.45, 2.75) is 37.9 Å². The third kappa shape index (κ3) is 3.27. The average molecular weight is 367 g/mol. The summed E-state index contributed by atoms with van der Waals surface area (Å²) >= 11 is 3.37. The first-order chi connectivity index (χ1) is 10.6. The van der Waals surface area contributed by atoms with Crippen molar-refractivity contribution in [1.29, 1.82) is 0 Å². The van der Waals surface area contributed by atoms with E-state index in [9.17, 15) is 4.79 Å². The van der Waals surface area contributed by atoms with E-state index in [1.807, 2.05) is 37.3 Å². The molecule has 5 nitrogen and oxygen atoms in total. The van der Waals surface area contributed by atoms with Gasteiger partial charge in [0.05, 0.1) is 0 Å². The Labute approximate surface area is 138 Å². The Kier molecular flexibility index (Phi) is 4.38. The smallest absolute Gasteiger partial charge is 0.410 e. The van der Waals surface area contributed by atoms with Crippen molar-refractivity contribution < 1.29 is 14.4 Å². The molecule has 2 aliphatic heterocycles. The van der Waals surface area contributed by atoms with E-state index < -0.39 is 0 Å². The fourth-order valence-electron chi connectivity index (χ4n) is 2.86. The maximum absolute atomic E-state index is 12.3. The Morgan fingerprint density at radius 1 is 1.36 bits per heavy atom. The van der Waals surface area contributed by atoms with Crippen LogP contribution in [0.25, 0.3) is 0 Å². The lowest BCUT2D eigenvalue weighted by atomic mass is 9.89. The largest absolute Gasteiger partial charge is 0.442 e. The van der Waals surface area contributed by atoms with Crippen molar-refractivity contribution in [2.75, 3.05) is 13.1 Å². The Hall–Kier alpha value is -1.56. The maximum Gasteiger partial charge on any atom is 0.410 e. The van der Waals surface area contributed by atoms with Gasteiger partial charge in [-0.15, -0.1) is 0 Å². The number of oxime groups is 1. The minimum Gasteiger partial charge on any atom is -0.442 e. The molecule has 0 radical (unpaired) electrons.